The monoisotopic (exact) mass is 216 g/mol. The number of nitrogens with zero attached hydrogens (tertiary/aromatic N) is 1. The maximum atomic E-state index is 11.6. The Hall–Kier alpha value is -0.770. The van der Waals surface area contributed by atoms with Crippen LogP contribution in [0.4, 0.5) is 4.79 Å². The molecule has 0 radical (unpaired) electrons. The third kappa shape index (κ3) is 5.62. The number of nitrogens with two attached hydrogens (primary N) is 1. The van der Waals surface area contributed by atoms with Crippen LogP contribution in [-0.4, -0.2) is 36.7 Å². The number of carbonyl (C=O) groups is 1. The summed E-state index contributed by atoms with van der Waals surface area (Å²) in [5.74, 6) is 0. The summed E-state index contributed by atoms with van der Waals surface area (Å²) in [6.07, 6.45) is -0.332. The van der Waals surface area contributed by atoms with Gasteiger partial charge in [-0.05, 0) is 32.7 Å². The first kappa shape index (κ1) is 14.2. The van der Waals surface area contributed by atoms with Gasteiger partial charge in [0.15, 0.2) is 0 Å². The van der Waals surface area contributed by atoms with E-state index < -0.39 is 0 Å². The molecule has 0 aliphatic rings. The molecule has 0 atom stereocenters. The SMILES string of the molecule is CCN(CC(C)(C)CN)C(=O)OC(C)C. The highest BCUT2D eigenvalue weighted by atomic mass is 16.6. The number of amides is 1. The average molecular weight is 216 g/mol. The predicted octanol–water partition coefficient (Wildman–Crippen LogP) is 1.84. The summed E-state index contributed by atoms with van der Waals surface area (Å²) >= 11 is 0. The zero-order valence-electron chi connectivity index (χ0n) is 10.5. The van der Waals surface area contributed by atoms with E-state index in [1.165, 1.54) is 0 Å². The molecule has 1 amide bonds. The fraction of sp³-hybridized carbons (Fsp3) is 0.909. The molecule has 0 aromatic rings. The van der Waals surface area contributed by atoms with E-state index in [1.54, 1.807) is 4.90 Å². The normalized spacial score (nSPS) is 11.7. The molecule has 0 heterocycles. The van der Waals surface area contributed by atoms with Crippen molar-refractivity contribution < 1.29 is 9.53 Å². The van der Waals surface area contributed by atoms with Gasteiger partial charge in [0.05, 0.1) is 6.10 Å². The molecule has 15 heavy (non-hydrogen) atoms. The highest BCUT2D eigenvalue weighted by Gasteiger charge is 2.23. The summed E-state index contributed by atoms with van der Waals surface area (Å²) in [6, 6.07) is 0. The Balaban J connectivity index is 4.30. The topological polar surface area (TPSA) is 55.6 Å². The summed E-state index contributed by atoms with van der Waals surface area (Å²) in [5.41, 5.74) is 5.57. The van der Waals surface area contributed by atoms with Crippen LogP contribution in [0.2, 0.25) is 0 Å². The Morgan fingerprint density at radius 2 is 2.00 bits per heavy atom. The van der Waals surface area contributed by atoms with Crippen molar-refractivity contribution in [2.24, 2.45) is 11.1 Å². The van der Waals surface area contributed by atoms with Crippen LogP contribution < -0.4 is 5.73 Å². The summed E-state index contributed by atoms with van der Waals surface area (Å²) in [6.45, 7) is 11.5. The van der Waals surface area contributed by atoms with E-state index in [1.807, 2.05) is 34.6 Å². The van der Waals surface area contributed by atoms with Gasteiger partial charge in [-0.1, -0.05) is 13.8 Å². The van der Waals surface area contributed by atoms with Crippen LogP contribution in [0.1, 0.15) is 34.6 Å². The summed E-state index contributed by atoms with van der Waals surface area (Å²) < 4.78 is 5.14. The van der Waals surface area contributed by atoms with Gasteiger partial charge >= 0.3 is 6.09 Å². The first-order valence-electron chi connectivity index (χ1n) is 5.48. The van der Waals surface area contributed by atoms with Crippen molar-refractivity contribution >= 4 is 6.09 Å². The van der Waals surface area contributed by atoms with Crippen LogP contribution >= 0.6 is 0 Å². The summed E-state index contributed by atoms with van der Waals surface area (Å²) in [7, 11) is 0. The lowest BCUT2D eigenvalue weighted by Crippen LogP contribution is -2.42. The molecule has 0 saturated carbocycles. The molecule has 0 aliphatic carbocycles. The standard InChI is InChI=1S/C11H24N2O2/c1-6-13(8-11(4,5)7-12)10(14)15-9(2)3/h9H,6-8,12H2,1-5H3. The van der Waals surface area contributed by atoms with E-state index in [0.29, 0.717) is 19.6 Å². The van der Waals surface area contributed by atoms with E-state index in [9.17, 15) is 4.79 Å². The van der Waals surface area contributed by atoms with Gasteiger partial charge in [0.2, 0.25) is 0 Å². The van der Waals surface area contributed by atoms with Gasteiger partial charge in [0, 0.05) is 13.1 Å². The second-order valence-corrected chi connectivity index (χ2v) is 4.82. The molecular formula is C11H24N2O2. The minimum absolute atomic E-state index is 0.0635. The first-order valence-corrected chi connectivity index (χ1v) is 5.48. The Morgan fingerprint density at radius 3 is 2.33 bits per heavy atom. The van der Waals surface area contributed by atoms with E-state index in [2.05, 4.69) is 0 Å². The van der Waals surface area contributed by atoms with E-state index in [4.69, 9.17) is 10.5 Å². The van der Waals surface area contributed by atoms with Crippen molar-refractivity contribution in [3.05, 3.63) is 0 Å². The quantitative estimate of drug-likeness (QED) is 0.763. The van der Waals surface area contributed by atoms with Crippen molar-refractivity contribution in [3.8, 4) is 0 Å². The van der Waals surface area contributed by atoms with Crippen LogP contribution in [0, 0.1) is 5.41 Å². The molecular weight excluding hydrogens is 192 g/mol. The molecule has 4 nitrogen and oxygen atoms in total. The Bertz CT molecular complexity index is 203. The molecule has 2 N–H and O–H groups in total. The lowest BCUT2D eigenvalue weighted by molar-refractivity contribution is 0.0672. The molecule has 0 unspecified atom stereocenters. The Morgan fingerprint density at radius 1 is 1.47 bits per heavy atom. The van der Waals surface area contributed by atoms with Gasteiger partial charge in [0.1, 0.15) is 0 Å². The van der Waals surface area contributed by atoms with Crippen LogP contribution in [0.25, 0.3) is 0 Å². The maximum absolute atomic E-state index is 11.6. The second-order valence-electron chi connectivity index (χ2n) is 4.82. The molecule has 0 bridgehead atoms. The van der Waals surface area contributed by atoms with Crippen molar-refractivity contribution in [1.29, 1.82) is 0 Å². The van der Waals surface area contributed by atoms with Gasteiger partial charge in [-0.25, -0.2) is 4.79 Å². The van der Waals surface area contributed by atoms with Crippen LogP contribution in [0.5, 0.6) is 0 Å². The van der Waals surface area contributed by atoms with Crippen molar-refractivity contribution in [3.63, 3.8) is 0 Å². The second kappa shape index (κ2) is 5.95. The zero-order chi connectivity index (χ0) is 12.1. The number of hydrogen-bond acceptors (Lipinski definition) is 3. The largest absolute Gasteiger partial charge is 0.447 e. The Labute approximate surface area is 92.8 Å². The third-order valence-electron chi connectivity index (χ3n) is 2.15. The first-order chi connectivity index (χ1) is 6.82. The fourth-order valence-corrected chi connectivity index (χ4v) is 1.16. The predicted molar refractivity (Wildman–Crippen MR) is 61.7 cm³/mol. The van der Waals surface area contributed by atoms with Gasteiger partial charge in [-0.3, -0.25) is 0 Å². The Kier molecular flexibility index (Phi) is 5.65. The summed E-state index contributed by atoms with van der Waals surface area (Å²) in [4.78, 5) is 13.3. The number of ether oxygens (including phenoxy) is 1. The van der Waals surface area contributed by atoms with E-state index in [0.717, 1.165) is 0 Å². The number of rotatable bonds is 5. The molecule has 0 spiro atoms. The lowest BCUT2D eigenvalue weighted by atomic mass is 9.93. The van der Waals surface area contributed by atoms with Crippen molar-refractivity contribution in [2.75, 3.05) is 19.6 Å². The minimum Gasteiger partial charge on any atom is -0.447 e. The molecule has 90 valence electrons. The van der Waals surface area contributed by atoms with Crippen LogP contribution in [-0.2, 0) is 4.74 Å². The molecule has 4 heteroatoms. The van der Waals surface area contributed by atoms with Gasteiger partial charge in [0.25, 0.3) is 0 Å². The minimum atomic E-state index is -0.256. The average Bonchev–Trinajstić information content (AvgIpc) is 2.13. The summed E-state index contributed by atoms with van der Waals surface area (Å²) in [5, 5.41) is 0. The molecule has 0 aromatic carbocycles. The lowest BCUT2D eigenvalue weighted by Gasteiger charge is -2.30. The molecule has 0 saturated heterocycles. The zero-order valence-corrected chi connectivity index (χ0v) is 10.5. The third-order valence-corrected chi connectivity index (χ3v) is 2.15. The fourth-order valence-electron chi connectivity index (χ4n) is 1.16. The number of carbonyl (C=O) groups excluding carboxylic acids is 1. The maximum Gasteiger partial charge on any atom is 0.410 e. The van der Waals surface area contributed by atoms with Crippen molar-refractivity contribution in [1.82, 2.24) is 4.90 Å². The molecule has 0 aliphatic heterocycles. The van der Waals surface area contributed by atoms with E-state index in [-0.39, 0.29) is 17.6 Å². The highest BCUT2D eigenvalue weighted by Crippen LogP contribution is 2.15. The van der Waals surface area contributed by atoms with Gasteiger partial charge in [-0.15, -0.1) is 0 Å². The number of hydrogen-bond donors (Lipinski definition) is 1. The van der Waals surface area contributed by atoms with E-state index >= 15 is 0 Å². The smallest absolute Gasteiger partial charge is 0.410 e. The van der Waals surface area contributed by atoms with Gasteiger partial charge in [-0.2, -0.15) is 0 Å². The molecule has 0 aromatic heterocycles. The van der Waals surface area contributed by atoms with Crippen LogP contribution in [0.15, 0.2) is 0 Å². The highest BCUT2D eigenvalue weighted by molar-refractivity contribution is 5.67. The van der Waals surface area contributed by atoms with Gasteiger partial charge < -0.3 is 15.4 Å². The van der Waals surface area contributed by atoms with Crippen LogP contribution in [0.3, 0.4) is 0 Å². The molecule has 0 rings (SSSR count). The van der Waals surface area contributed by atoms with Crippen molar-refractivity contribution in [2.45, 2.75) is 40.7 Å². The molecule has 0 fully saturated rings.